The Balaban J connectivity index is 2.92. The number of carbonyl (C=O) groups is 2. The van der Waals surface area contributed by atoms with Crippen LogP contribution in [0.3, 0.4) is 0 Å². The van der Waals surface area contributed by atoms with E-state index in [0.29, 0.717) is 5.57 Å². The van der Waals surface area contributed by atoms with Crippen molar-refractivity contribution in [1.29, 1.82) is 0 Å². The molecule has 0 bridgehead atoms. The lowest BCUT2D eigenvalue weighted by atomic mass is 9.84. The average molecular weight is 255 g/mol. The predicted molar refractivity (Wildman–Crippen MR) is 67.8 cm³/mol. The van der Waals surface area contributed by atoms with Gasteiger partial charge in [0.25, 0.3) is 0 Å². The summed E-state index contributed by atoms with van der Waals surface area (Å²) in [5, 5.41) is 0. The molecule has 0 fully saturated rings. The van der Waals surface area contributed by atoms with Crippen molar-refractivity contribution in [2.45, 2.75) is 33.5 Å². The smallest absolute Gasteiger partial charge is 0.324 e. The van der Waals surface area contributed by atoms with Crippen LogP contribution in [0.25, 0.3) is 0 Å². The van der Waals surface area contributed by atoms with E-state index in [2.05, 4.69) is 0 Å². The maximum atomic E-state index is 12.1. The number of carbonyl (C=O) groups excluding carboxylic acids is 2. The van der Waals surface area contributed by atoms with Crippen LogP contribution in [0.1, 0.15) is 37.7 Å². The van der Waals surface area contributed by atoms with Gasteiger partial charge in [0.2, 0.25) is 0 Å². The molecule has 0 radical (unpaired) electrons. The summed E-state index contributed by atoms with van der Waals surface area (Å²) in [6, 6.07) is 0. The quantitative estimate of drug-likeness (QED) is 0.559. The monoisotopic (exact) mass is 255 g/mol. The molecule has 0 N–H and O–H groups in total. The number of esters is 2. The summed E-state index contributed by atoms with van der Waals surface area (Å²) in [5.41, 5.74) is -0.771. The summed E-state index contributed by atoms with van der Waals surface area (Å²) < 4.78 is 31.4. The first-order valence-electron chi connectivity index (χ1n) is 7.48. The van der Waals surface area contributed by atoms with Gasteiger partial charge >= 0.3 is 11.9 Å². The fourth-order valence-electron chi connectivity index (χ4n) is 1.96. The first kappa shape index (κ1) is 10.4. The van der Waals surface area contributed by atoms with E-state index in [9.17, 15) is 9.59 Å². The maximum absolute atomic E-state index is 12.1. The van der Waals surface area contributed by atoms with Crippen LogP contribution in [0.2, 0.25) is 0 Å². The second-order valence-electron chi connectivity index (χ2n) is 4.02. The maximum Gasteiger partial charge on any atom is 0.324 e. The molecule has 100 valence electrons. The Morgan fingerprint density at radius 1 is 1.39 bits per heavy atom. The zero-order valence-electron chi connectivity index (χ0n) is 13.7. The molecular formula is C14H20O4. The molecule has 0 spiro atoms. The molecule has 0 aromatic rings. The summed E-state index contributed by atoms with van der Waals surface area (Å²) >= 11 is 0. The molecule has 1 aliphatic rings. The fraction of sp³-hybridized carbons (Fsp3) is 0.571. The van der Waals surface area contributed by atoms with E-state index in [0.717, 1.165) is 6.08 Å². The van der Waals surface area contributed by atoms with Gasteiger partial charge in [0.15, 0.2) is 5.41 Å². The average Bonchev–Trinajstić information content (AvgIpc) is 2.82. The molecule has 0 unspecified atom stereocenters. The molecule has 0 aromatic heterocycles. The SMILES string of the molecule is [2H]C([2H])([2H])/C=C/C1=CCC(C(=O)OCC)(C(=O)OCC)C1. The summed E-state index contributed by atoms with van der Waals surface area (Å²) in [6.07, 6.45) is 4.43. The zero-order chi connectivity index (χ0) is 16.1. The van der Waals surface area contributed by atoms with Gasteiger partial charge in [0.05, 0.1) is 13.2 Å². The normalized spacial score (nSPS) is 20.8. The molecule has 0 saturated heterocycles. The van der Waals surface area contributed by atoms with Crippen molar-refractivity contribution in [3.05, 3.63) is 23.8 Å². The molecule has 0 aliphatic heterocycles. The predicted octanol–water partition coefficient (Wildman–Crippen LogP) is 2.40. The van der Waals surface area contributed by atoms with Crippen LogP contribution >= 0.6 is 0 Å². The van der Waals surface area contributed by atoms with Crippen molar-refractivity contribution in [2.75, 3.05) is 13.2 Å². The number of ether oxygens (including phenoxy) is 2. The molecule has 0 amide bonds. The summed E-state index contributed by atoms with van der Waals surface area (Å²) in [6.45, 7) is 1.46. The summed E-state index contributed by atoms with van der Waals surface area (Å²) in [7, 11) is 0. The lowest BCUT2D eigenvalue weighted by molar-refractivity contribution is -0.171. The highest BCUT2D eigenvalue weighted by atomic mass is 16.6. The molecule has 0 aromatic carbocycles. The Hall–Kier alpha value is -1.58. The third-order valence-electron chi connectivity index (χ3n) is 2.85. The molecule has 0 heterocycles. The second-order valence-corrected chi connectivity index (χ2v) is 4.02. The standard InChI is InChI=1S/C14H20O4/c1-4-7-11-8-9-14(10-11,12(15)17-5-2)13(16)18-6-3/h4,7-8H,5-6,9-10H2,1-3H3/b7-4+/i1D3. The molecular weight excluding hydrogens is 232 g/mol. The highest BCUT2D eigenvalue weighted by Gasteiger charge is 2.50. The van der Waals surface area contributed by atoms with E-state index in [-0.39, 0.29) is 26.1 Å². The van der Waals surface area contributed by atoms with E-state index in [1.807, 2.05) is 0 Å². The van der Waals surface area contributed by atoms with Crippen LogP contribution < -0.4 is 0 Å². The molecule has 1 rings (SSSR count). The van der Waals surface area contributed by atoms with Crippen molar-refractivity contribution in [3.8, 4) is 0 Å². The number of hydrogen-bond donors (Lipinski definition) is 0. The zero-order valence-corrected chi connectivity index (χ0v) is 10.7. The number of rotatable bonds is 5. The van der Waals surface area contributed by atoms with E-state index in [1.54, 1.807) is 19.9 Å². The third kappa shape index (κ3) is 2.81. The van der Waals surface area contributed by atoms with Crippen molar-refractivity contribution < 1.29 is 23.2 Å². The first-order chi connectivity index (χ1) is 9.75. The highest BCUT2D eigenvalue weighted by Crippen LogP contribution is 2.40. The van der Waals surface area contributed by atoms with Crippen molar-refractivity contribution in [3.63, 3.8) is 0 Å². The largest absolute Gasteiger partial charge is 0.465 e. The Morgan fingerprint density at radius 2 is 2.00 bits per heavy atom. The number of allylic oxidation sites excluding steroid dienone is 4. The molecule has 0 saturated carbocycles. The molecule has 0 atom stereocenters. The minimum absolute atomic E-state index is 0.0945. The summed E-state index contributed by atoms with van der Waals surface area (Å²) in [5.74, 6) is -1.26. The van der Waals surface area contributed by atoms with Gasteiger partial charge in [-0.1, -0.05) is 23.8 Å². The van der Waals surface area contributed by atoms with Crippen LogP contribution in [0.5, 0.6) is 0 Å². The molecule has 18 heavy (non-hydrogen) atoms. The van der Waals surface area contributed by atoms with E-state index < -0.39 is 24.2 Å². The van der Waals surface area contributed by atoms with E-state index in [1.165, 1.54) is 6.08 Å². The molecule has 4 heteroatoms. The van der Waals surface area contributed by atoms with Crippen molar-refractivity contribution >= 4 is 11.9 Å². The van der Waals surface area contributed by atoms with Crippen LogP contribution in [-0.2, 0) is 19.1 Å². The van der Waals surface area contributed by atoms with Gasteiger partial charge in [0, 0.05) is 4.11 Å². The van der Waals surface area contributed by atoms with Crippen LogP contribution in [0.15, 0.2) is 23.8 Å². The van der Waals surface area contributed by atoms with Gasteiger partial charge in [0.1, 0.15) is 0 Å². The van der Waals surface area contributed by atoms with Crippen molar-refractivity contribution in [1.82, 2.24) is 0 Å². The van der Waals surface area contributed by atoms with Gasteiger partial charge in [-0.05, 0) is 33.5 Å². The Kier molecular flexibility index (Phi) is 3.67. The lowest BCUT2D eigenvalue weighted by Crippen LogP contribution is -2.40. The topological polar surface area (TPSA) is 52.6 Å². The Labute approximate surface area is 112 Å². The van der Waals surface area contributed by atoms with Crippen molar-refractivity contribution in [2.24, 2.45) is 5.41 Å². The Bertz CT molecular complexity index is 445. The van der Waals surface area contributed by atoms with Gasteiger partial charge in [-0.15, -0.1) is 0 Å². The van der Waals surface area contributed by atoms with Crippen LogP contribution in [0, 0.1) is 5.41 Å². The Morgan fingerprint density at radius 3 is 2.50 bits per heavy atom. The highest BCUT2D eigenvalue weighted by molar-refractivity contribution is 6.01. The third-order valence-corrected chi connectivity index (χ3v) is 2.85. The van der Waals surface area contributed by atoms with Gasteiger partial charge in [-0.25, -0.2) is 0 Å². The summed E-state index contributed by atoms with van der Waals surface area (Å²) in [4.78, 5) is 24.3. The number of hydrogen-bond acceptors (Lipinski definition) is 4. The molecule has 4 nitrogen and oxygen atoms in total. The van der Waals surface area contributed by atoms with Crippen LogP contribution in [-0.4, -0.2) is 25.2 Å². The van der Waals surface area contributed by atoms with E-state index >= 15 is 0 Å². The van der Waals surface area contributed by atoms with Crippen LogP contribution in [0.4, 0.5) is 0 Å². The molecule has 1 aliphatic carbocycles. The van der Waals surface area contributed by atoms with Gasteiger partial charge in [-0.2, -0.15) is 0 Å². The minimum Gasteiger partial charge on any atom is -0.465 e. The second kappa shape index (κ2) is 6.38. The van der Waals surface area contributed by atoms with Gasteiger partial charge in [-0.3, -0.25) is 9.59 Å². The fourth-order valence-corrected chi connectivity index (χ4v) is 1.96. The van der Waals surface area contributed by atoms with Gasteiger partial charge < -0.3 is 9.47 Å². The minimum atomic E-state index is -2.19. The first-order valence-corrected chi connectivity index (χ1v) is 5.98. The lowest BCUT2D eigenvalue weighted by Gasteiger charge is -2.24. The van der Waals surface area contributed by atoms with E-state index in [4.69, 9.17) is 13.6 Å².